The van der Waals surface area contributed by atoms with E-state index in [1.54, 1.807) is 12.1 Å². The molecule has 0 amide bonds. The van der Waals surface area contributed by atoms with Crippen LogP contribution in [0.25, 0.3) is 0 Å². The van der Waals surface area contributed by atoms with Crippen molar-refractivity contribution >= 4 is 11.8 Å². The van der Waals surface area contributed by atoms with Crippen LogP contribution in [0.5, 0.6) is 0 Å². The van der Waals surface area contributed by atoms with Gasteiger partial charge >= 0.3 is 0 Å². The Hall–Kier alpha value is -0.900. The van der Waals surface area contributed by atoms with Crippen LogP contribution in [0.15, 0.2) is 28.0 Å². The van der Waals surface area contributed by atoms with Crippen LogP contribution in [-0.2, 0) is 0 Å². The lowest BCUT2D eigenvalue weighted by Crippen LogP contribution is -2.17. The van der Waals surface area contributed by atoms with Crippen LogP contribution < -0.4 is 5.56 Å². The lowest BCUT2D eigenvalue weighted by molar-refractivity contribution is 0.150. The van der Waals surface area contributed by atoms with Crippen molar-refractivity contribution in [2.24, 2.45) is 0 Å². The summed E-state index contributed by atoms with van der Waals surface area (Å²) in [5, 5.41) is 10.1. The van der Waals surface area contributed by atoms with Crippen LogP contribution >= 0.6 is 11.8 Å². The smallest absolute Gasteiger partial charge is 0.283 e. The molecule has 0 aliphatic carbocycles. The normalized spacial score (nSPS) is 10.6. The lowest BCUT2D eigenvalue weighted by atomic mass is 10.1. The average molecular weight is 255 g/mol. The van der Waals surface area contributed by atoms with Crippen molar-refractivity contribution in [3.05, 3.63) is 28.6 Å². The highest BCUT2D eigenvalue weighted by Crippen LogP contribution is 2.17. The van der Waals surface area contributed by atoms with Crippen molar-refractivity contribution in [2.45, 2.75) is 50.5 Å². The Morgan fingerprint density at radius 3 is 2.65 bits per heavy atom. The minimum atomic E-state index is -0.363. The SMILES string of the molecule is CCCCCCCCSc1cccc(=O)n1O. The van der Waals surface area contributed by atoms with Gasteiger partial charge < -0.3 is 5.21 Å². The van der Waals surface area contributed by atoms with Crippen molar-refractivity contribution in [3.8, 4) is 0 Å². The Balaban J connectivity index is 2.18. The molecule has 0 fully saturated rings. The van der Waals surface area contributed by atoms with E-state index >= 15 is 0 Å². The number of unbranched alkanes of at least 4 members (excludes halogenated alkanes) is 5. The zero-order valence-corrected chi connectivity index (χ0v) is 11.2. The largest absolute Gasteiger partial charge is 0.424 e. The molecule has 1 heterocycles. The van der Waals surface area contributed by atoms with Crippen molar-refractivity contribution in [3.63, 3.8) is 0 Å². The topological polar surface area (TPSA) is 42.2 Å². The zero-order valence-electron chi connectivity index (χ0n) is 10.4. The molecule has 0 unspecified atom stereocenters. The molecule has 0 aromatic carbocycles. The van der Waals surface area contributed by atoms with Gasteiger partial charge in [-0.1, -0.05) is 45.1 Å². The maximum Gasteiger partial charge on any atom is 0.283 e. The van der Waals surface area contributed by atoms with Crippen LogP contribution in [0.2, 0.25) is 0 Å². The average Bonchev–Trinajstić information content (AvgIpc) is 2.33. The lowest BCUT2D eigenvalue weighted by Gasteiger charge is -2.05. The van der Waals surface area contributed by atoms with Gasteiger partial charge in [-0.05, 0) is 18.2 Å². The molecule has 1 N–H and O–H groups in total. The first kappa shape index (κ1) is 14.2. The van der Waals surface area contributed by atoms with Crippen molar-refractivity contribution in [1.29, 1.82) is 0 Å². The summed E-state index contributed by atoms with van der Waals surface area (Å²) in [5.41, 5.74) is -0.363. The first-order chi connectivity index (χ1) is 8.25. The van der Waals surface area contributed by atoms with Crippen molar-refractivity contribution in [2.75, 3.05) is 5.75 Å². The molecule has 1 rings (SSSR count). The van der Waals surface area contributed by atoms with Gasteiger partial charge in [0.1, 0.15) is 5.03 Å². The Bertz CT molecular complexity index is 376. The molecule has 0 aliphatic heterocycles. The van der Waals surface area contributed by atoms with Crippen LogP contribution in [0.3, 0.4) is 0 Å². The third kappa shape index (κ3) is 5.31. The molecule has 1 aromatic heterocycles. The van der Waals surface area contributed by atoms with Gasteiger partial charge in [-0.2, -0.15) is 0 Å². The molecule has 3 nitrogen and oxygen atoms in total. The number of nitrogens with zero attached hydrogens (tertiary/aromatic N) is 1. The summed E-state index contributed by atoms with van der Waals surface area (Å²) >= 11 is 1.54. The summed E-state index contributed by atoms with van der Waals surface area (Å²) < 4.78 is 0.724. The predicted octanol–water partition coefficient (Wildman–Crippen LogP) is 3.54. The van der Waals surface area contributed by atoms with Gasteiger partial charge in [-0.3, -0.25) is 4.79 Å². The van der Waals surface area contributed by atoms with E-state index in [0.29, 0.717) is 5.03 Å². The second kappa shape index (κ2) is 8.23. The molecule has 4 heteroatoms. The number of hydrogen-bond donors (Lipinski definition) is 1. The summed E-state index contributed by atoms with van der Waals surface area (Å²) in [6.07, 6.45) is 7.57. The molecule has 0 atom stereocenters. The fourth-order valence-corrected chi connectivity index (χ4v) is 2.58. The summed E-state index contributed by atoms with van der Waals surface area (Å²) in [6, 6.07) is 4.80. The van der Waals surface area contributed by atoms with Gasteiger partial charge in [0, 0.05) is 6.07 Å². The van der Waals surface area contributed by atoms with Gasteiger partial charge in [0.05, 0.1) is 0 Å². The number of pyridine rings is 1. The quantitative estimate of drug-likeness (QED) is 0.439. The standard InChI is InChI=1S/C13H21NO2S/c1-2-3-4-5-6-7-11-17-13-10-8-9-12(15)14(13)16/h8-10,16H,2-7,11H2,1H3. The highest BCUT2D eigenvalue weighted by atomic mass is 32.2. The van der Waals surface area contributed by atoms with E-state index in [1.807, 2.05) is 0 Å². The monoisotopic (exact) mass is 255 g/mol. The molecular formula is C13H21NO2S. The second-order valence-corrected chi connectivity index (χ2v) is 5.25. The van der Waals surface area contributed by atoms with E-state index in [9.17, 15) is 10.0 Å². The molecule has 0 saturated carbocycles. The van der Waals surface area contributed by atoms with Gasteiger partial charge in [0.15, 0.2) is 0 Å². The van der Waals surface area contributed by atoms with Crippen LogP contribution in [0, 0.1) is 0 Å². The van der Waals surface area contributed by atoms with Gasteiger partial charge in [0.2, 0.25) is 0 Å². The van der Waals surface area contributed by atoms with E-state index in [-0.39, 0.29) is 5.56 Å². The second-order valence-electron chi connectivity index (χ2n) is 4.13. The Kier molecular flexibility index (Phi) is 6.86. The van der Waals surface area contributed by atoms with Crippen LogP contribution in [-0.4, -0.2) is 15.7 Å². The minimum Gasteiger partial charge on any atom is -0.424 e. The number of rotatable bonds is 8. The van der Waals surface area contributed by atoms with Gasteiger partial charge in [0.25, 0.3) is 5.56 Å². The van der Waals surface area contributed by atoms with Gasteiger partial charge in [-0.25, -0.2) is 0 Å². The Labute approximate surface area is 107 Å². The van der Waals surface area contributed by atoms with Gasteiger partial charge in [-0.15, -0.1) is 16.5 Å². The maximum atomic E-state index is 11.1. The van der Waals surface area contributed by atoms with Crippen molar-refractivity contribution < 1.29 is 5.21 Å². The maximum absolute atomic E-state index is 11.1. The number of aromatic nitrogens is 1. The zero-order chi connectivity index (χ0) is 12.5. The van der Waals surface area contributed by atoms with E-state index in [0.717, 1.165) is 16.9 Å². The molecule has 1 aromatic rings. The van der Waals surface area contributed by atoms with E-state index < -0.39 is 0 Å². The van der Waals surface area contributed by atoms with E-state index in [2.05, 4.69) is 6.92 Å². The molecular weight excluding hydrogens is 234 g/mol. The number of thioether (sulfide) groups is 1. The predicted molar refractivity (Wildman–Crippen MR) is 72.0 cm³/mol. The van der Waals surface area contributed by atoms with Crippen LogP contribution in [0.1, 0.15) is 45.4 Å². The molecule has 0 saturated heterocycles. The third-order valence-electron chi connectivity index (χ3n) is 2.64. The van der Waals surface area contributed by atoms with E-state index in [1.165, 1.54) is 49.9 Å². The summed E-state index contributed by atoms with van der Waals surface area (Å²) in [5.74, 6) is 0.955. The fourth-order valence-electron chi connectivity index (χ4n) is 1.63. The van der Waals surface area contributed by atoms with Crippen molar-refractivity contribution in [1.82, 2.24) is 4.73 Å². The third-order valence-corrected chi connectivity index (χ3v) is 3.74. The summed E-state index contributed by atoms with van der Waals surface area (Å²) in [7, 11) is 0. The minimum absolute atomic E-state index is 0.363. The Morgan fingerprint density at radius 1 is 1.18 bits per heavy atom. The molecule has 0 bridgehead atoms. The summed E-state index contributed by atoms with van der Waals surface area (Å²) in [4.78, 5) is 11.1. The highest BCUT2D eigenvalue weighted by Gasteiger charge is 2.01. The fraction of sp³-hybridized carbons (Fsp3) is 0.615. The Morgan fingerprint density at radius 2 is 1.88 bits per heavy atom. The number of hydrogen-bond acceptors (Lipinski definition) is 3. The highest BCUT2D eigenvalue weighted by molar-refractivity contribution is 7.99. The first-order valence-corrected chi connectivity index (χ1v) is 7.28. The molecule has 17 heavy (non-hydrogen) atoms. The summed E-state index contributed by atoms with van der Waals surface area (Å²) in [6.45, 7) is 2.21. The molecule has 0 aliphatic rings. The van der Waals surface area contributed by atoms with Crippen LogP contribution in [0.4, 0.5) is 0 Å². The molecule has 0 spiro atoms. The first-order valence-electron chi connectivity index (χ1n) is 6.30. The van der Waals surface area contributed by atoms with E-state index in [4.69, 9.17) is 0 Å². The molecule has 0 radical (unpaired) electrons. The molecule has 96 valence electrons.